The number of carbonyl (C=O) groups excluding carboxylic acids is 3. The fraction of sp³-hybridized carbons (Fsp3) is 0.688. The van der Waals surface area contributed by atoms with E-state index in [9.17, 15) is 14.4 Å². The summed E-state index contributed by atoms with van der Waals surface area (Å²) in [4.78, 5) is 34.6. The largest absolute Gasteiger partial charge is 0.467 e. The van der Waals surface area contributed by atoms with E-state index < -0.39 is 12.0 Å². The molecule has 0 heterocycles. The Balaban J connectivity index is 2.46. The van der Waals surface area contributed by atoms with Crippen molar-refractivity contribution in [3.05, 3.63) is 0 Å². The third-order valence-corrected chi connectivity index (χ3v) is 3.91. The summed E-state index contributed by atoms with van der Waals surface area (Å²) < 4.78 is 9.66. The van der Waals surface area contributed by atoms with E-state index in [1.807, 2.05) is 0 Å². The van der Waals surface area contributed by atoms with Gasteiger partial charge in [-0.2, -0.15) is 0 Å². The molecule has 1 amide bonds. The fourth-order valence-corrected chi connectivity index (χ4v) is 2.80. The van der Waals surface area contributed by atoms with Crippen LogP contribution in [0.1, 0.15) is 39.0 Å². The van der Waals surface area contributed by atoms with Gasteiger partial charge in [-0.05, 0) is 38.0 Å². The second kappa shape index (κ2) is 9.08. The molecule has 0 aromatic rings. The first kappa shape index (κ1) is 18.0. The number of hydrogen-bond acceptors (Lipinski definition) is 5. The number of terminal acetylenes is 1. The summed E-state index contributed by atoms with van der Waals surface area (Å²) in [5.74, 6) is 1.47. The van der Waals surface area contributed by atoms with Crippen LogP contribution >= 0.6 is 0 Å². The van der Waals surface area contributed by atoms with Crippen LogP contribution in [0.2, 0.25) is 0 Å². The molecule has 1 rings (SSSR count). The number of amides is 1. The molecule has 22 heavy (non-hydrogen) atoms. The first-order chi connectivity index (χ1) is 10.5. The maximum atomic E-state index is 11.7. The minimum Gasteiger partial charge on any atom is -0.467 e. The lowest BCUT2D eigenvalue weighted by molar-refractivity contribution is -0.149. The summed E-state index contributed by atoms with van der Waals surface area (Å²) in [5, 5.41) is 2.61. The molecule has 6 nitrogen and oxygen atoms in total. The molecule has 1 unspecified atom stereocenters. The SMILES string of the molecule is C#CCOC(=O)C1CCC(CC(NC(C)=O)C(=O)OC)CC1. The monoisotopic (exact) mass is 309 g/mol. The molecular weight excluding hydrogens is 286 g/mol. The number of ether oxygens (including phenoxy) is 2. The van der Waals surface area contributed by atoms with Gasteiger partial charge in [0.2, 0.25) is 5.91 Å². The Hall–Kier alpha value is -2.03. The Kier molecular flexibility index (Phi) is 7.44. The first-order valence-corrected chi connectivity index (χ1v) is 7.43. The number of methoxy groups -OCH3 is 1. The second-order valence-corrected chi connectivity index (χ2v) is 5.54. The Labute approximate surface area is 130 Å². The molecule has 1 aliphatic rings. The highest BCUT2D eigenvalue weighted by atomic mass is 16.5. The number of esters is 2. The van der Waals surface area contributed by atoms with Gasteiger partial charge in [0.15, 0.2) is 6.61 Å². The van der Waals surface area contributed by atoms with E-state index in [1.54, 1.807) is 0 Å². The lowest BCUT2D eigenvalue weighted by Crippen LogP contribution is -2.42. The Bertz CT molecular complexity index is 446. The Morgan fingerprint density at radius 1 is 1.27 bits per heavy atom. The smallest absolute Gasteiger partial charge is 0.328 e. The Morgan fingerprint density at radius 2 is 1.91 bits per heavy atom. The van der Waals surface area contributed by atoms with Crippen molar-refractivity contribution in [2.45, 2.75) is 45.1 Å². The van der Waals surface area contributed by atoms with Crippen LogP contribution in [0.3, 0.4) is 0 Å². The van der Waals surface area contributed by atoms with Crippen molar-refractivity contribution in [3.63, 3.8) is 0 Å². The molecule has 0 radical (unpaired) electrons. The fourth-order valence-electron chi connectivity index (χ4n) is 2.80. The third kappa shape index (κ3) is 5.76. The molecule has 1 atom stereocenters. The summed E-state index contributed by atoms with van der Waals surface area (Å²) in [7, 11) is 1.30. The number of nitrogens with one attached hydrogen (secondary N) is 1. The van der Waals surface area contributed by atoms with E-state index in [0.29, 0.717) is 19.3 Å². The minimum atomic E-state index is -0.627. The van der Waals surface area contributed by atoms with Crippen molar-refractivity contribution in [1.29, 1.82) is 0 Å². The molecule has 0 aliphatic heterocycles. The van der Waals surface area contributed by atoms with Gasteiger partial charge in [0.05, 0.1) is 13.0 Å². The van der Waals surface area contributed by atoms with Crippen LogP contribution in [0.25, 0.3) is 0 Å². The highest BCUT2D eigenvalue weighted by Gasteiger charge is 2.31. The van der Waals surface area contributed by atoms with Crippen LogP contribution in [0, 0.1) is 24.2 Å². The summed E-state index contributed by atoms with van der Waals surface area (Å²) in [6, 6.07) is -0.627. The molecule has 1 aliphatic carbocycles. The second-order valence-electron chi connectivity index (χ2n) is 5.54. The predicted octanol–water partition coefficient (Wildman–Crippen LogP) is 1.04. The van der Waals surface area contributed by atoms with Crippen molar-refractivity contribution < 1.29 is 23.9 Å². The van der Waals surface area contributed by atoms with E-state index in [1.165, 1.54) is 14.0 Å². The number of carbonyl (C=O) groups is 3. The van der Waals surface area contributed by atoms with Gasteiger partial charge in [-0.3, -0.25) is 9.59 Å². The molecular formula is C16H23NO5. The van der Waals surface area contributed by atoms with E-state index in [0.717, 1.165) is 12.8 Å². The van der Waals surface area contributed by atoms with Crippen LogP contribution in [0.5, 0.6) is 0 Å². The lowest BCUT2D eigenvalue weighted by Gasteiger charge is -2.29. The molecule has 1 fully saturated rings. The van der Waals surface area contributed by atoms with Crippen molar-refractivity contribution in [2.75, 3.05) is 13.7 Å². The summed E-state index contributed by atoms with van der Waals surface area (Å²) in [6.07, 6.45) is 8.62. The van der Waals surface area contributed by atoms with Crippen LogP contribution < -0.4 is 5.32 Å². The maximum Gasteiger partial charge on any atom is 0.328 e. The van der Waals surface area contributed by atoms with Crippen LogP contribution in [-0.4, -0.2) is 37.6 Å². The van der Waals surface area contributed by atoms with Gasteiger partial charge in [0.25, 0.3) is 0 Å². The zero-order valence-corrected chi connectivity index (χ0v) is 13.1. The third-order valence-electron chi connectivity index (χ3n) is 3.91. The standard InChI is InChI=1S/C16H23NO5/c1-4-9-22-15(19)13-7-5-12(6-8-13)10-14(16(20)21-3)17-11(2)18/h1,12-14H,5-10H2,2-3H3,(H,17,18). The van der Waals surface area contributed by atoms with Gasteiger partial charge in [0.1, 0.15) is 6.04 Å². The van der Waals surface area contributed by atoms with Crippen LogP contribution in [-0.2, 0) is 23.9 Å². The van der Waals surface area contributed by atoms with Crippen molar-refractivity contribution in [2.24, 2.45) is 11.8 Å². The zero-order chi connectivity index (χ0) is 16.5. The van der Waals surface area contributed by atoms with Crippen LogP contribution in [0.15, 0.2) is 0 Å². The van der Waals surface area contributed by atoms with Gasteiger partial charge < -0.3 is 14.8 Å². The molecule has 0 aromatic carbocycles. The van der Waals surface area contributed by atoms with Crippen LogP contribution in [0.4, 0.5) is 0 Å². The van der Waals surface area contributed by atoms with E-state index >= 15 is 0 Å². The Morgan fingerprint density at radius 3 is 2.41 bits per heavy atom. The highest BCUT2D eigenvalue weighted by molar-refractivity contribution is 5.83. The summed E-state index contributed by atoms with van der Waals surface area (Å²) >= 11 is 0. The quantitative estimate of drug-likeness (QED) is 0.585. The van der Waals surface area contributed by atoms with Crippen molar-refractivity contribution in [1.82, 2.24) is 5.32 Å². The average Bonchev–Trinajstić information content (AvgIpc) is 2.51. The maximum absolute atomic E-state index is 11.7. The summed E-state index contributed by atoms with van der Waals surface area (Å²) in [6.45, 7) is 1.38. The van der Waals surface area contributed by atoms with E-state index in [2.05, 4.69) is 11.2 Å². The molecule has 1 saturated carbocycles. The topological polar surface area (TPSA) is 81.7 Å². The predicted molar refractivity (Wildman–Crippen MR) is 79.5 cm³/mol. The number of rotatable bonds is 6. The molecule has 1 N–H and O–H groups in total. The molecule has 0 bridgehead atoms. The molecule has 0 saturated heterocycles. The van der Waals surface area contributed by atoms with Gasteiger partial charge >= 0.3 is 11.9 Å². The summed E-state index contributed by atoms with van der Waals surface area (Å²) in [5.41, 5.74) is 0. The van der Waals surface area contributed by atoms with Gasteiger partial charge in [-0.1, -0.05) is 5.92 Å². The normalized spacial score (nSPS) is 22.0. The lowest BCUT2D eigenvalue weighted by atomic mass is 9.79. The van der Waals surface area contributed by atoms with Gasteiger partial charge in [-0.25, -0.2) is 4.79 Å². The minimum absolute atomic E-state index is 0.00566. The van der Waals surface area contributed by atoms with Gasteiger partial charge in [0, 0.05) is 6.92 Å². The van der Waals surface area contributed by atoms with Gasteiger partial charge in [-0.15, -0.1) is 6.42 Å². The van der Waals surface area contributed by atoms with Crippen molar-refractivity contribution >= 4 is 17.8 Å². The van der Waals surface area contributed by atoms with E-state index in [-0.39, 0.29) is 30.3 Å². The number of hydrogen-bond donors (Lipinski definition) is 1. The van der Waals surface area contributed by atoms with E-state index in [4.69, 9.17) is 15.9 Å². The average molecular weight is 309 g/mol. The molecule has 6 heteroatoms. The first-order valence-electron chi connectivity index (χ1n) is 7.43. The van der Waals surface area contributed by atoms with Crippen molar-refractivity contribution in [3.8, 4) is 12.3 Å². The zero-order valence-electron chi connectivity index (χ0n) is 13.1. The molecule has 122 valence electrons. The molecule has 0 spiro atoms. The molecule has 0 aromatic heterocycles. The highest BCUT2D eigenvalue weighted by Crippen LogP contribution is 2.32.